The molecule has 0 heterocycles. The summed E-state index contributed by atoms with van der Waals surface area (Å²) in [6.07, 6.45) is 0. The molecule has 3 nitrogen and oxygen atoms in total. The predicted octanol–water partition coefficient (Wildman–Crippen LogP) is 6.29. The predicted molar refractivity (Wildman–Crippen MR) is 111 cm³/mol. The third-order valence-electron chi connectivity index (χ3n) is 4.33. The summed E-state index contributed by atoms with van der Waals surface area (Å²) in [6, 6.07) is 28.2. The highest BCUT2D eigenvalue weighted by Gasteiger charge is 2.11. The lowest BCUT2D eigenvalue weighted by Crippen LogP contribution is -2.09. The van der Waals surface area contributed by atoms with Crippen LogP contribution in [0.5, 0.6) is 11.5 Å². The van der Waals surface area contributed by atoms with E-state index in [4.69, 9.17) is 21.1 Å². The maximum absolute atomic E-state index is 12.4. The van der Waals surface area contributed by atoms with Crippen LogP contribution in [-0.2, 0) is 6.61 Å². The second-order valence-corrected chi connectivity index (χ2v) is 6.73. The molecule has 0 amide bonds. The van der Waals surface area contributed by atoms with Crippen LogP contribution in [0.3, 0.4) is 0 Å². The Labute approximate surface area is 168 Å². The van der Waals surface area contributed by atoms with Crippen molar-refractivity contribution in [1.29, 1.82) is 0 Å². The standard InChI is InChI=1S/C24H17ClO3/c25-22-10-3-4-11-23(22)28-24(26)20-9-5-6-17(14-20)16-27-21-13-12-18-7-1-2-8-19(18)15-21/h1-15H,16H2. The van der Waals surface area contributed by atoms with Crippen molar-refractivity contribution in [2.75, 3.05) is 0 Å². The number of esters is 1. The van der Waals surface area contributed by atoms with E-state index in [0.717, 1.165) is 16.7 Å². The summed E-state index contributed by atoms with van der Waals surface area (Å²) in [4.78, 5) is 12.4. The lowest BCUT2D eigenvalue weighted by atomic mass is 10.1. The van der Waals surface area contributed by atoms with Gasteiger partial charge in [0.2, 0.25) is 0 Å². The van der Waals surface area contributed by atoms with Gasteiger partial charge in [-0.3, -0.25) is 0 Å². The van der Waals surface area contributed by atoms with E-state index in [1.807, 2.05) is 48.5 Å². The van der Waals surface area contributed by atoms with E-state index in [2.05, 4.69) is 6.07 Å². The van der Waals surface area contributed by atoms with Crippen LogP contribution in [0.4, 0.5) is 0 Å². The van der Waals surface area contributed by atoms with Crippen molar-refractivity contribution < 1.29 is 14.3 Å². The molecule has 0 saturated carbocycles. The fourth-order valence-electron chi connectivity index (χ4n) is 2.90. The van der Waals surface area contributed by atoms with Crippen molar-refractivity contribution in [2.45, 2.75) is 6.61 Å². The second-order valence-electron chi connectivity index (χ2n) is 6.32. The Kier molecular flexibility index (Phi) is 5.27. The molecule has 0 atom stereocenters. The molecule has 28 heavy (non-hydrogen) atoms. The molecule has 0 bridgehead atoms. The van der Waals surface area contributed by atoms with Gasteiger partial charge in [0.05, 0.1) is 10.6 Å². The Morgan fingerprint density at radius 1 is 0.786 bits per heavy atom. The molecule has 4 rings (SSSR count). The SMILES string of the molecule is O=C(Oc1ccccc1Cl)c1cccc(COc2ccc3ccccc3c2)c1. The number of halogens is 1. The summed E-state index contributed by atoms with van der Waals surface area (Å²) in [5, 5.41) is 2.68. The molecule has 0 unspecified atom stereocenters. The monoisotopic (exact) mass is 388 g/mol. The molecule has 0 aliphatic heterocycles. The summed E-state index contributed by atoms with van der Waals surface area (Å²) in [5.41, 5.74) is 1.32. The van der Waals surface area contributed by atoms with Gasteiger partial charge in [0.15, 0.2) is 0 Å². The zero-order valence-corrected chi connectivity index (χ0v) is 15.7. The highest BCUT2D eigenvalue weighted by Crippen LogP contribution is 2.25. The van der Waals surface area contributed by atoms with E-state index in [-0.39, 0.29) is 0 Å². The van der Waals surface area contributed by atoms with Crippen LogP contribution in [0.2, 0.25) is 5.02 Å². The van der Waals surface area contributed by atoms with Crippen molar-refractivity contribution in [1.82, 2.24) is 0 Å². The van der Waals surface area contributed by atoms with Crippen LogP contribution in [-0.4, -0.2) is 5.97 Å². The highest BCUT2D eigenvalue weighted by atomic mass is 35.5. The minimum atomic E-state index is -0.458. The van der Waals surface area contributed by atoms with Gasteiger partial charge in [0.25, 0.3) is 0 Å². The van der Waals surface area contributed by atoms with Crippen LogP contribution in [0.1, 0.15) is 15.9 Å². The lowest BCUT2D eigenvalue weighted by molar-refractivity contribution is 0.0734. The third kappa shape index (κ3) is 4.16. The first-order chi connectivity index (χ1) is 13.7. The summed E-state index contributed by atoms with van der Waals surface area (Å²) < 4.78 is 11.3. The first kappa shape index (κ1) is 18.1. The number of hydrogen-bond donors (Lipinski definition) is 0. The maximum atomic E-state index is 12.4. The van der Waals surface area contributed by atoms with E-state index in [1.54, 1.807) is 36.4 Å². The quantitative estimate of drug-likeness (QED) is 0.297. The molecule has 0 aliphatic carbocycles. The van der Waals surface area contributed by atoms with Crippen LogP contribution in [0.25, 0.3) is 10.8 Å². The molecular formula is C24H17ClO3. The lowest BCUT2D eigenvalue weighted by Gasteiger charge is -2.09. The number of rotatable bonds is 5. The van der Waals surface area contributed by atoms with Gasteiger partial charge >= 0.3 is 5.97 Å². The number of carbonyl (C=O) groups excluding carboxylic acids is 1. The summed E-state index contributed by atoms with van der Waals surface area (Å²) in [5.74, 6) is 0.662. The Morgan fingerprint density at radius 2 is 1.57 bits per heavy atom. The zero-order valence-electron chi connectivity index (χ0n) is 15.0. The smallest absolute Gasteiger partial charge is 0.343 e. The largest absolute Gasteiger partial charge is 0.489 e. The van der Waals surface area contributed by atoms with Crippen LogP contribution < -0.4 is 9.47 Å². The van der Waals surface area contributed by atoms with E-state index in [9.17, 15) is 4.79 Å². The fourth-order valence-corrected chi connectivity index (χ4v) is 3.07. The average molecular weight is 389 g/mol. The molecule has 4 aromatic rings. The molecule has 0 N–H and O–H groups in total. The molecule has 0 aromatic heterocycles. The molecule has 0 saturated heterocycles. The Balaban J connectivity index is 1.45. The van der Waals surface area contributed by atoms with Gasteiger partial charge in [-0.05, 0) is 52.7 Å². The van der Waals surface area contributed by atoms with Crippen LogP contribution in [0.15, 0.2) is 91.0 Å². The van der Waals surface area contributed by atoms with E-state index >= 15 is 0 Å². The van der Waals surface area contributed by atoms with E-state index in [1.165, 1.54) is 5.39 Å². The number of benzene rings is 4. The average Bonchev–Trinajstić information content (AvgIpc) is 2.74. The van der Waals surface area contributed by atoms with Crippen molar-refractivity contribution >= 4 is 28.3 Å². The van der Waals surface area contributed by atoms with Crippen LogP contribution in [0, 0.1) is 0 Å². The topological polar surface area (TPSA) is 35.5 Å². The summed E-state index contributed by atoms with van der Waals surface area (Å²) in [7, 11) is 0. The van der Waals surface area contributed by atoms with Gasteiger partial charge in [-0.25, -0.2) is 4.79 Å². The molecule has 0 spiro atoms. The minimum Gasteiger partial charge on any atom is -0.489 e. The number of hydrogen-bond acceptors (Lipinski definition) is 3. The first-order valence-corrected chi connectivity index (χ1v) is 9.24. The molecule has 0 fully saturated rings. The molecule has 4 aromatic carbocycles. The van der Waals surface area contributed by atoms with Gasteiger partial charge in [0.1, 0.15) is 18.1 Å². The normalized spacial score (nSPS) is 10.6. The third-order valence-corrected chi connectivity index (χ3v) is 4.64. The van der Waals surface area contributed by atoms with Gasteiger partial charge in [-0.2, -0.15) is 0 Å². The Morgan fingerprint density at radius 3 is 2.43 bits per heavy atom. The van der Waals surface area contributed by atoms with Gasteiger partial charge in [0, 0.05) is 0 Å². The van der Waals surface area contributed by atoms with E-state index < -0.39 is 5.97 Å². The minimum absolute atomic E-state index is 0.340. The fraction of sp³-hybridized carbons (Fsp3) is 0.0417. The molecule has 138 valence electrons. The number of carbonyl (C=O) groups is 1. The Bertz CT molecular complexity index is 1140. The Hall–Kier alpha value is -3.30. The number of para-hydroxylation sites is 1. The van der Waals surface area contributed by atoms with Gasteiger partial charge in [-0.1, -0.05) is 66.2 Å². The summed E-state index contributed by atoms with van der Waals surface area (Å²) in [6.45, 7) is 0.353. The number of fused-ring (bicyclic) bond motifs is 1. The summed E-state index contributed by atoms with van der Waals surface area (Å²) >= 11 is 6.05. The van der Waals surface area contributed by atoms with Crippen LogP contribution >= 0.6 is 11.6 Å². The zero-order chi connectivity index (χ0) is 19.3. The highest BCUT2D eigenvalue weighted by molar-refractivity contribution is 6.32. The first-order valence-electron chi connectivity index (χ1n) is 8.86. The van der Waals surface area contributed by atoms with Crippen molar-refractivity contribution in [3.63, 3.8) is 0 Å². The molecule has 4 heteroatoms. The van der Waals surface area contributed by atoms with Crippen molar-refractivity contribution in [2.24, 2.45) is 0 Å². The van der Waals surface area contributed by atoms with E-state index in [0.29, 0.717) is 22.9 Å². The van der Waals surface area contributed by atoms with Gasteiger partial charge in [-0.15, -0.1) is 0 Å². The molecular weight excluding hydrogens is 372 g/mol. The number of ether oxygens (including phenoxy) is 2. The van der Waals surface area contributed by atoms with Crippen molar-refractivity contribution in [3.8, 4) is 11.5 Å². The maximum Gasteiger partial charge on any atom is 0.343 e. The molecule has 0 aliphatic rings. The van der Waals surface area contributed by atoms with Gasteiger partial charge < -0.3 is 9.47 Å². The second kappa shape index (κ2) is 8.15. The molecule has 0 radical (unpaired) electrons. The van der Waals surface area contributed by atoms with Crippen molar-refractivity contribution in [3.05, 3.63) is 107 Å².